The van der Waals surface area contributed by atoms with Crippen molar-refractivity contribution in [2.24, 2.45) is 5.92 Å². The summed E-state index contributed by atoms with van der Waals surface area (Å²) in [5, 5.41) is 6.72. The normalized spacial score (nSPS) is 19.1. The number of hydrazine groups is 1. The smallest absolute Gasteiger partial charge is 0.257 e. The Balaban J connectivity index is 1.40. The van der Waals surface area contributed by atoms with Gasteiger partial charge in [0.1, 0.15) is 5.82 Å². The van der Waals surface area contributed by atoms with Gasteiger partial charge < -0.3 is 9.84 Å². The molecule has 1 aliphatic rings. The molecule has 2 aromatic carbocycles. The summed E-state index contributed by atoms with van der Waals surface area (Å²) in [5.74, 6) is -0.0918. The topological polar surface area (TPSA) is 92.1 Å². The Morgan fingerprint density at radius 3 is 2.89 bits per heavy atom. The summed E-state index contributed by atoms with van der Waals surface area (Å²) >= 11 is 0. The molecule has 0 saturated carbocycles. The number of benzene rings is 2. The SMILES string of the molecule is O=C(NCc1noc(-c2ccccc2)n1)C1CNNC1c1cccc(F)c1. The summed E-state index contributed by atoms with van der Waals surface area (Å²) in [6, 6.07) is 15.3. The Labute approximate surface area is 154 Å². The maximum atomic E-state index is 13.5. The van der Waals surface area contributed by atoms with Gasteiger partial charge >= 0.3 is 0 Å². The Morgan fingerprint density at radius 1 is 1.22 bits per heavy atom. The van der Waals surface area contributed by atoms with Crippen molar-refractivity contribution in [1.29, 1.82) is 0 Å². The third-order valence-electron chi connectivity index (χ3n) is 4.44. The lowest BCUT2D eigenvalue weighted by molar-refractivity contribution is -0.125. The Kier molecular flexibility index (Phi) is 4.91. The number of carbonyl (C=O) groups excluding carboxylic acids is 1. The number of halogens is 1. The van der Waals surface area contributed by atoms with E-state index in [9.17, 15) is 9.18 Å². The van der Waals surface area contributed by atoms with Crippen LogP contribution in [0, 0.1) is 11.7 Å². The van der Waals surface area contributed by atoms with E-state index in [1.807, 2.05) is 30.3 Å². The predicted molar refractivity (Wildman–Crippen MR) is 95.4 cm³/mol. The second kappa shape index (κ2) is 7.65. The number of nitrogens with one attached hydrogen (secondary N) is 3. The summed E-state index contributed by atoms with van der Waals surface area (Å²) in [6.45, 7) is 0.593. The fourth-order valence-corrected chi connectivity index (χ4v) is 3.08. The van der Waals surface area contributed by atoms with Crippen molar-refractivity contribution in [2.45, 2.75) is 12.6 Å². The third kappa shape index (κ3) is 3.86. The molecule has 27 heavy (non-hydrogen) atoms. The van der Waals surface area contributed by atoms with Crippen molar-refractivity contribution < 1.29 is 13.7 Å². The lowest BCUT2D eigenvalue weighted by Crippen LogP contribution is -2.35. The van der Waals surface area contributed by atoms with Gasteiger partial charge in [-0.25, -0.2) is 9.82 Å². The molecule has 3 aromatic rings. The zero-order valence-corrected chi connectivity index (χ0v) is 14.4. The van der Waals surface area contributed by atoms with Gasteiger partial charge in [0.2, 0.25) is 5.91 Å². The minimum atomic E-state index is -0.382. The molecule has 0 spiro atoms. The van der Waals surface area contributed by atoms with Crippen molar-refractivity contribution in [2.75, 3.05) is 6.54 Å². The van der Waals surface area contributed by atoms with Crippen molar-refractivity contribution in [3.8, 4) is 11.5 Å². The largest absolute Gasteiger partial charge is 0.348 e. The van der Waals surface area contributed by atoms with Crippen LogP contribution < -0.4 is 16.2 Å². The van der Waals surface area contributed by atoms with Crippen LogP contribution in [0.3, 0.4) is 0 Å². The Bertz CT molecular complexity index is 931. The van der Waals surface area contributed by atoms with Crippen LogP contribution in [0.15, 0.2) is 59.1 Å². The van der Waals surface area contributed by atoms with E-state index in [0.29, 0.717) is 23.8 Å². The summed E-state index contributed by atoms with van der Waals surface area (Å²) in [5.41, 5.74) is 7.52. The van der Waals surface area contributed by atoms with Crippen LogP contribution in [0.2, 0.25) is 0 Å². The third-order valence-corrected chi connectivity index (χ3v) is 4.44. The number of nitrogens with zero attached hydrogens (tertiary/aromatic N) is 2. The highest BCUT2D eigenvalue weighted by molar-refractivity contribution is 5.80. The van der Waals surface area contributed by atoms with Gasteiger partial charge in [-0.1, -0.05) is 35.5 Å². The maximum absolute atomic E-state index is 13.5. The van der Waals surface area contributed by atoms with Crippen LogP contribution >= 0.6 is 0 Å². The van der Waals surface area contributed by atoms with Crippen LogP contribution in [0.25, 0.3) is 11.5 Å². The molecule has 2 atom stereocenters. The fourth-order valence-electron chi connectivity index (χ4n) is 3.08. The molecule has 1 aromatic heterocycles. The molecular weight excluding hydrogens is 349 g/mol. The molecule has 7 nitrogen and oxygen atoms in total. The molecular formula is C19H18FN5O2. The highest BCUT2D eigenvalue weighted by Crippen LogP contribution is 2.25. The van der Waals surface area contributed by atoms with Gasteiger partial charge in [-0.3, -0.25) is 10.2 Å². The van der Waals surface area contributed by atoms with Gasteiger partial charge in [-0.05, 0) is 29.8 Å². The molecule has 138 valence electrons. The van der Waals surface area contributed by atoms with E-state index in [0.717, 1.165) is 5.56 Å². The summed E-state index contributed by atoms with van der Waals surface area (Å²) in [6.07, 6.45) is 0. The van der Waals surface area contributed by atoms with Crippen molar-refractivity contribution in [3.63, 3.8) is 0 Å². The molecule has 0 bridgehead atoms. The van der Waals surface area contributed by atoms with Gasteiger partial charge in [0, 0.05) is 12.1 Å². The quantitative estimate of drug-likeness (QED) is 0.639. The van der Waals surface area contributed by atoms with Gasteiger partial charge in [0.05, 0.1) is 18.5 Å². The number of hydrogen-bond acceptors (Lipinski definition) is 6. The first-order chi connectivity index (χ1) is 13.2. The molecule has 1 amide bonds. The van der Waals surface area contributed by atoms with E-state index in [1.54, 1.807) is 12.1 Å². The van der Waals surface area contributed by atoms with Crippen molar-refractivity contribution in [1.82, 2.24) is 26.3 Å². The molecule has 0 radical (unpaired) electrons. The summed E-state index contributed by atoms with van der Waals surface area (Å²) in [7, 11) is 0. The van der Waals surface area contributed by atoms with Crippen LogP contribution in [0.5, 0.6) is 0 Å². The van der Waals surface area contributed by atoms with E-state index in [-0.39, 0.29) is 30.2 Å². The van der Waals surface area contributed by atoms with E-state index in [2.05, 4.69) is 26.3 Å². The molecule has 4 rings (SSSR count). The molecule has 8 heteroatoms. The number of rotatable bonds is 5. The summed E-state index contributed by atoms with van der Waals surface area (Å²) in [4.78, 5) is 16.9. The van der Waals surface area contributed by atoms with Crippen molar-refractivity contribution in [3.05, 3.63) is 71.8 Å². The van der Waals surface area contributed by atoms with Gasteiger partial charge in [0.25, 0.3) is 5.89 Å². The first-order valence-corrected chi connectivity index (χ1v) is 8.60. The Morgan fingerprint density at radius 2 is 2.07 bits per heavy atom. The number of amides is 1. The maximum Gasteiger partial charge on any atom is 0.257 e. The van der Waals surface area contributed by atoms with Crippen LogP contribution in [-0.2, 0) is 11.3 Å². The van der Waals surface area contributed by atoms with E-state index < -0.39 is 0 Å². The zero-order valence-electron chi connectivity index (χ0n) is 14.4. The van der Waals surface area contributed by atoms with Crippen LogP contribution in [-0.4, -0.2) is 22.6 Å². The fraction of sp³-hybridized carbons (Fsp3) is 0.211. The molecule has 2 heterocycles. The van der Waals surface area contributed by atoms with E-state index in [1.165, 1.54) is 12.1 Å². The highest BCUT2D eigenvalue weighted by Gasteiger charge is 2.34. The molecule has 1 fully saturated rings. The molecule has 1 saturated heterocycles. The minimum Gasteiger partial charge on any atom is -0.348 e. The standard InChI is InChI=1S/C19H18FN5O2/c20-14-8-4-7-13(9-14)17-15(10-22-24-17)18(26)21-11-16-23-19(27-25-16)12-5-2-1-3-6-12/h1-9,15,17,22,24H,10-11H2,(H,21,26). The molecule has 0 aliphatic carbocycles. The number of aromatic nitrogens is 2. The molecule has 1 aliphatic heterocycles. The summed E-state index contributed by atoms with van der Waals surface area (Å²) < 4.78 is 18.7. The molecule has 2 unspecified atom stereocenters. The van der Waals surface area contributed by atoms with Crippen molar-refractivity contribution >= 4 is 5.91 Å². The van der Waals surface area contributed by atoms with Gasteiger partial charge in [-0.2, -0.15) is 4.98 Å². The second-order valence-corrected chi connectivity index (χ2v) is 6.26. The average Bonchev–Trinajstić information content (AvgIpc) is 3.36. The number of hydrogen-bond donors (Lipinski definition) is 3. The monoisotopic (exact) mass is 367 g/mol. The first-order valence-electron chi connectivity index (χ1n) is 8.60. The Hall–Kier alpha value is -3.10. The highest BCUT2D eigenvalue weighted by atomic mass is 19.1. The lowest BCUT2D eigenvalue weighted by Gasteiger charge is -2.18. The molecule has 3 N–H and O–H groups in total. The minimum absolute atomic E-state index is 0.154. The predicted octanol–water partition coefficient (Wildman–Crippen LogP) is 1.96. The van der Waals surface area contributed by atoms with E-state index >= 15 is 0 Å². The second-order valence-electron chi connectivity index (χ2n) is 6.26. The van der Waals surface area contributed by atoms with Gasteiger partial charge in [0.15, 0.2) is 5.82 Å². The van der Waals surface area contributed by atoms with Crippen LogP contribution in [0.1, 0.15) is 17.4 Å². The average molecular weight is 367 g/mol. The lowest BCUT2D eigenvalue weighted by atomic mass is 9.94. The van der Waals surface area contributed by atoms with Crippen LogP contribution in [0.4, 0.5) is 4.39 Å². The number of carbonyl (C=O) groups is 1. The van der Waals surface area contributed by atoms with Gasteiger partial charge in [-0.15, -0.1) is 0 Å². The first kappa shape index (κ1) is 17.3. The zero-order chi connectivity index (χ0) is 18.6. The van der Waals surface area contributed by atoms with E-state index in [4.69, 9.17) is 4.52 Å².